The lowest BCUT2D eigenvalue weighted by Gasteiger charge is -2.25. The van der Waals surface area contributed by atoms with Crippen LogP contribution in [0.1, 0.15) is 26.7 Å². The van der Waals surface area contributed by atoms with E-state index in [1.165, 1.54) is 0 Å². The fourth-order valence-electron chi connectivity index (χ4n) is 3.05. The smallest absolute Gasteiger partial charge is 0.236 e. The van der Waals surface area contributed by atoms with E-state index in [1.807, 2.05) is 20.9 Å². The first kappa shape index (κ1) is 12.8. The maximum absolute atomic E-state index is 12.0. The summed E-state index contributed by atoms with van der Waals surface area (Å²) in [6, 6.07) is 0.259. The Hall–Kier alpha value is -0.610. The lowest BCUT2D eigenvalue weighted by molar-refractivity contribution is -0.132. The molecular formula is C13H24N2O2. The van der Waals surface area contributed by atoms with Gasteiger partial charge in [-0.15, -0.1) is 0 Å². The molecule has 1 saturated heterocycles. The summed E-state index contributed by atoms with van der Waals surface area (Å²) in [6.45, 7) is 6.44. The predicted molar refractivity (Wildman–Crippen MR) is 66.6 cm³/mol. The van der Waals surface area contributed by atoms with Crippen LogP contribution in [0.2, 0.25) is 0 Å². The van der Waals surface area contributed by atoms with Gasteiger partial charge in [-0.2, -0.15) is 0 Å². The first-order valence-electron chi connectivity index (χ1n) is 6.65. The van der Waals surface area contributed by atoms with Crippen molar-refractivity contribution in [2.24, 2.45) is 11.8 Å². The zero-order valence-electron chi connectivity index (χ0n) is 11.1. The predicted octanol–water partition coefficient (Wildman–Crippen LogP) is 0.556. The summed E-state index contributed by atoms with van der Waals surface area (Å²) in [5, 5.41) is 9.83. The summed E-state index contributed by atoms with van der Waals surface area (Å²) < 4.78 is 0. The molecule has 3 atom stereocenters. The van der Waals surface area contributed by atoms with Crippen LogP contribution in [0, 0.1) is 11.8 Å². The standard InChI is InChI=1S/C13H24N2O2/c1-9(2)14(3)13(17)8-15-6-10-4-5-12(16)11(10)7-15/h9-12,16H,4-8H2,1-3H3. The summed E-state index contributed by atoms with van der Waals surface area (Å²) in [4.78, 5) is 16.0. The highest BCUT2D eigenvalue weighted by Crippen LogP contribution is 2.37. The van der Waals surface area contributed by atoms with E-state index in [2.05, 4.69) is 4.90 Å². The van der Waals surface area contributed by atoms with Crippen molar-refractivity contribution in [3.05, 3.63) is 0 Å². The highest BCUT2D eigenvalue weighted by molar-refractivity contribution is 5.78. The molecular weight excluding hydrogens is 216 g/mol. The average Bonchev–Trinajstić information content (AvgIpc) is 2.80. The van der Waals surface area contributed by atoms with Crippen LogP contribution in [0.4, 0.5) is 0 Å². The monoisotopic (exact) mass is 240 g/mol. The number of nitrogens with zero attached hydrogens (tertiary/aromatic N) is 2. The number of aliphatic hydroxyl groups excluding tert-OH is 1. The number of hydrogen-bond donors (Lipinski definition) is 1. The van der Waals surface area contributed by atoms with Gasteiger partial charge in [-0.1, -0.05) is 0 Å². The minimum atomic E-state index is -0.136. The van der Waals surface area contributed by atoms with Gasteiger partial charge in [0.1, 0.15) is 0 Å². The van der Waals surface area contributed by atoms with E-state index in [0.717, 1.165) is 25.9 Å². The molecule has 0 aromatic rings. The second-order valence-corrected chi connectivity index (χ2v) is 5.86. The van der Waals surface area contributed by atoms with Gasteiger partial charge in [-0.3, -0.25) is 9.69 Å². The summed E-state index contributed by atoms with van der Waals surface area (Å²) in [5.74, 6) is 1.21. The van der Waals surface area contributed by atoms with Crippen molar-refractivity contribution in [1.29, 1.82) is 0 Å². The zero-order valence-corrected chi connectivity index (χ0v) is 11.1. The minimum Gasteiger partial charge on any atom is -0.393 e. The van der Waals surface area contributed by atoms with E-state index in [-0.39, 0.29) is 18.1 Å². The van der Waals surface area contributed by atoms with Crippen LogP contribution < -0.4 is 0 Å². The van der Waals surface area contributed by atoms with Crippen molar-refractivity contribution in [2.75, 3.05) is 26.7 Å². The fraction of sp³-hybridized carbons (Fsp3) is 0.923. The number of hydrogen-bond acceptors (Lipinski definition) is 3. The Morgan fingerprint density at radius 1 is 1.41 bits per heavy atom. The Morgan fingerprint density at radius 2 is 2.12 bits per heavy atom. The Morgan fingerprint density at radius 3 is 2.71 bits per heavy atom. The largest absolute Gasteiger partial charge is 0.393 e. The van der Waals surface area contributed by atoms with Gasteiger partial charge in [0.25, 0.3) is 0 Å². The molecule has 1 aliphatic heterocycles. The first-order chi connectivity index (χ1) is 7.99. The molecule has 0 spiro atoms. The molecule has 2 aliphatic rings. The van der Waals surface area contributed by atoms with Gasteiger partial charge in [0.05, 0.1) is 12.6 Å². The maximum Gasteiger partial charge on any atom is 0.236 e. The van der Waals surface area contributed by atoms with Gasteiger partial charge < -0.3 is 10.0 Å². The molecule has 4 heteroatoms. The van der Waals surface area contributed by atoms with Crippen LogP contribution in [0.25, 0.3) is 0 Å². The Kier molecular flexibility index (Phi) is 3.73. The molecule has 1 amide bonds. The second kappa shape index (κ2) is 4.94. The molecule has 2 rings (SSSR count). The zero-order chi connectivity index (χ0) is 12.6. The molecule has 1 N–H and O–H groups in total. The van der Waals surface area contributed by atoms with Crippen molar-refractivity contribution in [3.8, 4) is 0 Å². The van der Waals surface area contributed by atoms with E-state index >= 15 is 0 Å². The van der Waals surface area contributed by atoms with Crippen LogP contribution >= 0.6 is 0 Å². The van der Waals surface area contributed by atoms with Crippen LogP contribution in [-0.4, -0.2) is 59.6 Å². The summed E-state index contributed by atoms with van der Waals surface area (Å²) in [7, 11) is 1.86. The van der Waals surface area contributed by atoms with E-state index < -0.39 is 0 Å². The number of fused-ring (bicyclic) bond motifs is 1. The highest BCUT2D eigenvalue weighted by Gasteiger charge is 2.42. The third-order valence-electron chi connectivity index (χ3n) is 4.42. The van der Waals surface area contributed by atoms with Crippen LogP contribution in [0.15, 0.2) is 0 Å². The molecule has 3 unspecified atom stereocenters. The SMILES string of the molecule is CC(C)N(C)C(=O)CN1CC2CCC(O)C2C1. The normalized spacial score (nSPS) is 33.1. The molecule has 0 radical (unpaired) electrons. The van der Waals surface area contributed by atoms with Crippen molar-refractivity contribution < 1.29 is 9.90 Å². The molecule has 2 fully saturated rings. The van der Waals surface area contributed by atoms with Crippen LogP contribution in [-0.2, 0) is 4.79 Å². The quantitative estimate of drug-likeness (QED) is 0.784. The van der Waals surface area contributed by atoms with E-state index in [9.17, 15) is 9.90 Å². The Balaban J connectivity index is 1.84. The van der Waals surface area contributed by atoms with Gasteiger partial charge in [-0.25, -0.2) is 0 Å². The van der Waals surface area contributed by atoms with Gasteiger partial charge in [0.2, 0.25) is 5.91 Å². The summed E-state index contributed by atoms with van der Waals surface area (Å²) in [5.41, 5.74) is 0. The molecule has 1 aliphatic carbocycles. The van der Waals surface area contributed by atoms with Crippen LogP contribution in [0.3, 0.4) is 0 Å². The van der Waals surface area contributed by atoms with E-state index in [0.29, 0.717) is 18.4 Å². The highest BCUT2D eigenvalue weighted by atomic mass is 16.3. The lowest BCUT2D eigenvalue weighted by Crippen LogP contribution is -2.41. The van der Waals surface area contributed by atoms with Crippen molar-refractivity contribution >= 4 is 5.91 Å². The average molecular weight is 240 g/mol. The van der Waals surface area contributed by atoms with Crippen molar-refractivity contribution in [1.82, 2.24) is 9.80 Å². The number of aliphatic hydroxyl groups is 1. The van der Waals surface area contributed by atoms with Gasteiger partial charge in [-0.05, 0) is 32.6 Å². The molecule has 4 nitrogen and oxygen atoms in total. The molecule has 1 saturated carbocycles. The number of amides is 1. The van der Waals surface area contributed by atoms with E-state index in [4.69, 9.17) is 0 Å². The minimum absolute atomic E-state index is 0.136. The van der Waals surface area contributed by atoms with Crippen molar-refractivity contribution in [3.63, 3.8) is 0 Å². The molecule has 0 aromatic heterocycles. The van der Waals surface area contributed by atoms with Gasteiger partial charge >= 0.3 is 0 Å². The second-order valence-electron chi connectivity index (χ2n) is 5.86. The third-order valence-corrected chi connectivity index (χ3v) is 4.42. The molecule has 0 bridgehead atoms. The molecule has 1 heterocycles. The van der Waals surface area contributed by atoms with Gasteiger partial charge in [0.15, 0.2) is 0 Å². The van der Waals surface area contributed by atoms with Crippen LogP contribution in [0.5, 0.6) is 0 Å². The number of carbonyl (C=O) groups excluding carboxylic acids is 1. The van der Waals surface area contributed by atoms with E-state index in [1.54, 1.807) is 4.90 Å². The van der Waals surface area contributed by atoms with Crippen molar-refractivity contribution in [2.45, 2.75) is 38.8 Å². The fourth-order valence-corrected chi connectivity index (χ4v) is 3.05. The molecule has 98 valence electrons. The third kappa shape index (κ3) is 2.63. The summed E-state index contributed by atoms with van der Waals surface area (Å²) in [6.07, 6.45) is 1.93. The Labute approximate surface area is 104 Å². The number of carbonyl (C=O) groups is 1. The lowest BCUT2D eigenvalue weighted by atomic mass is 10.00. The summed E-state index contributed by atoms with van der Waals surface area (Å²) >= 11 is 0. The number of likely N-dealkylation sites (tertiary alicyclic amines) is 1. The Bertz CT molecular complexity index is 293. The topological polar surface area (TPSA) is 43.8 Å². The first-order valence-corrected chi connectivity index (χ1v) is 6.65. The van der Waals surface area contributed by atoms with Gasteiger partial charge in [0, 0.05) is 32.1 Å². The number of likely N-dealkylation sites (N-methyl/N-ethyl adjacent to an activating group) is 1. The molecule has 17 heavy (non-hydrogen) atoms. The maximum atomic E-state index is 12.0. The molecule has 0 aromatic carbocycles. The number of rotatable bonds is 3.